The van der Waals surface area contributed by atoms with Gasteiger partial charge in [0.2, 0.25) is 0 Å². The van der Waals surface area contributed by atoms with Crippen molar-refractivity contribution in [2.75, 3.05) is 0 Å². The summed E-state index contributed by atoms with van der Waals surface area (Å²) in [6.45, 7) is 0. The van der Waals surface area contributed by atoms with E-state index in [4.69, 9.17) is 5.73 Å². The molecule has 1 aliphatic rings. The van der Waals surface area contributed by atoms with E-state index in [-0.39, 0.29) is 6.04 Å². The first kappa shape index (κ1) is 12.8. The Balaban J connectivity index is 2.14. The second kappa shape index (κ2) is 6.36. The van der Waals surface area contributed by atoms with Gasteiger partial charge in [-0.05, 0) is 43.4 Å². The van der Waals surface area contributed by atoms with E-state index in [1.165, 1.54) is 43.2 Å². The molecule has 0 bridgehead atoms. The minimum absolute atomic E-state index is 0.0746. The molecule has 0 saturated heterocycles. The minimum Gasteiger partial charge on any atom is -0.321 e. The number of benzene rings is 1. The molecule has 1 aromatic rings. The number of rotatable bonds is 2. The molecule has 2 rings (SSSR count). The molecule has 0 radical (unpaired) electrons. The molecule has 1 unspecified atom stereocenters. The standard InChI is InChI=1S/C15H20BrN/c16-14-10-6-9-13(11-14)15(17)12-7-4-2-1-3-5-8-12/h6-7,9-11,15H,1-5,8,17H2/b12-7+. The molecule has 17 heavy (non-hydrogen) atoms. The first-order valence-electron chi connectivity index (χ1n) is 6.47. The first-order chi connectivity index (χ1) is 8.27. The summed E-state index contributed by atoms with van der Waals surface area (Å²) < 4.78 is 1.11. The number of nitrogens with two attached hydrogens (primary N) is 1. The quantitative estimate of drug-likeness (QED) is 0.784. The molecule has 1 aliphatic carbocycles. The maximum atomic E-state index is 6.37. The van der Waals surface area contributed by atoms with Crippen LogP contribution in [0.1, 0.15) is 50.1 Å². The summed E-state index contributed by atoms with van der Waals surface area (Å²) in [7, 11) is 0. The van der Waals surface area contributed by atoms with Crippen LogP contribution in [0.3, 0.4) is 0 Å². The summed E-state index contributed by atoms with van der Waals surface area (Å²) in [6.07, 6.45) is 10.0. The van der Waals surface area contributed by atoms with Gasteiger partial charge in [0, 0.05) is 4.47 Å². The maximum absolute atomic E-state index is 6.37. The summed E-state index contributed by atoms with van der Waals surface area (Å²) in [6, 6.07) is 8.43. The third kappa shape index (κ3) is 3.68. The summed E-state index contributed by atoms with van der Waals surface area (Å²) >= 11 is 3.51. The topological polar surface area (TPSA) is 26.0 Å². The van der Waals surface area contributed by atoms with E-state index in [0.717, 1.165) is 10.9 Å². The lowest BCUT2D eigenvalue weighted by molar-refractivity contribution is 0.602. The van der Waals surface area contributed by atoms with Crippen molar-refractivity contribution in [1.82, 2.24) is 0 Å². The van der Waals surface area contributed by atoms with Crippen molar-refractivity contribution in [2.24, 2.45) is 5.73 Å². The number of halogens is 1. The monoisotopic (exact) mass is 293 g/mol. The van der Waals surface area contributed by atoms with E-state index in [0.29, 0.717) is 0 Å². The van der Waals surface area contributed by atoms with Gasteiger partial charge in [0.05, 0.1) is 6.04 Å². The maximum Gasteiger partial charge on any atom is 0.0511 e. The van der Waals surface area contributed by atoms with Crippen molar-refractivity contribution in [2.45, 2.75) is 44.6 Å². The fraction of sp³-hybridized carbons (Fsp3) is 0.467. The highest BCUT2D eigenvalue weighted by Crippen LogP contribution is 2.28. The predicted molar refractivity (Wildman–Crippen MR) is 76.9 cm³/mol. The molecule has 1 atom stereocenters. The zero-order valence-electron chi connectivity index (χ0n) is 10.2. The number of hydrogen-bond donors (Lipinski definition) is 1. The molecule has 0 fully saturated rings. The highest BCUT2D eigenvalue weighted by atomic mass is 79.9. The van der Waals surface area contributed by atoms with Crippen molar-refractivity contribution in [3.05, 3.63) is 46.0 Å². The molecular formula is C15H20BrN. The Kier molecular flexibility index (Phi) is 4.81. The Morgan fingerprint density at radius 2 is 1.94 bits per heavy atom. The first-order valence-corrected chi connectivity index (χ1v) is 7.26. The normalized spacial score (nSPS) is 22.1. The third-order valence-corrected chi connectivity index (χ3v) is 3.93. The fourth-order valence-electron chi connectivity index (χ4n) is 2.41. The smallest absolute Gasteiger partial charge is 0.0511 e. The van der Waals surface area contributed by atoms with Gasteiger partial charge in [-0.3, -0.25) is 0 Å². The highest BCUT2D eigenvalue weighted by molar-refractivity contribution is 9.10. The average Bonchev–Trinajstić information content (AvgIpc) is 2.28. The van der Waals surface area contributed by atoms with E-state index in [2.05, 4.69) is 40.2 Å². The van der Waals surface area contributed by atoms with Gasteiger partial charge >= 0.3 is 0 Å². The third-order valence-electron chi connectivity index (χ3n) is 3.43. The van der Waals surface area contributed by atoms with Crippen molar-refractivity contribution in [3.63, 3.8) is 0 Å². The summed E-state index contributed by atoms with van der Waals surface area (Å²) in [5.74, 6) is 0. The van der Waals surface area contributed by atoms with Crippen LogP contribution >= 0.6 is 15.9 Å². The van der Waals surface area contributed by atoms with Crippen LogP contribution in [0.2, 0.25) is 0 Å². The van der Waals surface area contributed by atoms with Crippen LogP contribution in [0.15, 0.2) is 40.4 Å². The van der Waals surface area contributed by atoms with E-state index < -0.39 is 0 Å². The van der Waals surface area contributed by atoms with Gasteiger partial charge in [-0.2, -0.15) is 0 Å². The van der Waals surface area contributed by atoms with Gasteiger partial charge in [-0.1, -0.05) is 52.6 Å². The van der Waals surface area contributed by atoms with Crippen molar-refractivity contribution >= 4 is 15.9 Å². The molecule has 1 aromatic carbocycles. The predicted octanol–water partition coefficient (Wildman–Crippen LogP) is 4.73. The molecule has 0 aliphatic heterocycles. The molecule has 0 spiro atoms. The Morgan fingerprint density at radius 1 is 1.12 bits per heavy atom. The second-order valence-corrected chi connectivity index (χ2v) is 5.68. The Labute approximate surface area is 112 Å². The van der Waals surface area contributed by atoms with Gasteiger partial charge in [0.15, 0.2) is 0 Å². The fourth-order valence-corrected chi connectivity index (χ4v) is 2.83. The minimum atomic E-state index is 0.0746. The Bertz CT molecular complexity index is 398. The molecule has 2 heteroatoms. The van der Waals surface area contributed by atoms with E-state index in [1.54, 1.807) is 0 Å². The molecule has 0 heterocycles. The molecule has 1 nitrogen and oxygen atoms in total. The summed E-state index contributed by atoms with van der Waals surface area (Å²) in [4.78, 5) is 0. The van der Waals surface area contributed by atoms with Gasteiger partial charge in [-0.15, -0.1) is 0 Å². The molecular weight excluding hydrogens is 274 g/mol. The summed E-state index contributed by atoms with van der Waals surface area (Å²) in [5, 5.41) is 0. The van der Waals surface area contributed by atoms with Crippen molar-refractivity contribution in [1.29, 1.82) is 0 Å². The van der Waals surface area contributed by atoms with Crippen LogP contribution in [-0.2, 0) is 0 Å². The van der Waals surface area contributed by atoms with E-state index in [1.807, 2.05) is 6.07 Å². The molecule has 92 valence electrons. The zero-order valence-corrected chi connectivity index (χ0v) is 11.7. The second-order valence-electron chi connectivity index (χ2n) is 4.76. The number of hydrogen-bond acceptors (Lipinski definition) is 1. The van der Waals surface area contributed by atoms with Gasteiger partial charge in [0.1, 0.15) is 0 Å². The highest BCUT2D eigenvalue weighted by Gasteiger charge is 2.12. The molecule has 2 N–H and O–H groups in total. The van der Waals surface area contributed by atoms with E-state index >= 15 is 0 Å². The van der Waals surface area contributed by atoms with Crippen molar-refractivity contribution < 1.29 is 0 Å². The SMILES string of the molecule is NC(/C1=C/CCCCCC1)c1cccc(Br)c1. The van der Waals surface area contributed by atoms with Crippen LogP contribution in [0.4, 0.5) is 0 Å². The Hall–Kier alpha value is -0.600. The molecule has 0 amide bonds. The Morgan fingerprint density at radius 3 is 2.76 bits per heavy atom. The van der Waals surface area contributed by atoms with Crippen LogP contribution in [-0.4, -0.2) is 0 Å². The van der Waals surface area contributed by atoms with Crippen LogP contribution in [0.5, 0.6) is 0 Å². The van der Waals surface area contributed by atoms with Crippen LogP contribution < -0.4 is 5.73 Å². The lowest BCUT2D eigenvalue weighted by Gasteiger charge is -2.19. The van der Waals surface area contributed by atoms with Gasteiger partial charge in [-0.25, -0.2) is 0 Å². The average molecular weight is 294 g/mol. The van der Waals surface area contributed by atoms with Crippen LogP contribution in [0.25, 0.3) is 0 Å². The van der Waals surface area contributed by atoms with Gasteiger partial charge < -0.3 is 5.73 Å². The molecule has 0 aromatic heterocycles. The van der Waals surface area contributed by atoms with Crippen LogP contribution in [0, 0.1) is 0 Å². The van der Waals surface area contributed by atoms with E-state index in [9.17, 15) is 0 Å². The largest absolute Gasteiger partial charge is 0.321 e. The van der Waals surface area contributed by atoms with Gasteiger partial charge in [0.25, 0.3) is 0 Å². The number of allylic oxidation sites excluding steroid dienone is 1. The molecule has 0 saturated carbocycles. The van der Waals surface area contributed by atoms with Crippen molar-refractivity contribution in [3.8, 4) is 0 Å². The summed E-state index contributed by atoms with van der Waals surface area (Å²) in [5.41, 5.74) is 9.00. The zero-order chi connectivity index (χ0) is 12.1. The lowest BCUT2D eigenvalue weighted by atomic mass is 9.91. The lowest BCUT2D eigenvalue weighted by Crippen LogP contribution is -2.14.